The molecule has 4 aromatic rings. The first kappa shape index (κ1) is 17.2. The number of carbonyl (C=O) groups excluding carboxylic acids is 1. The van der Waals surface area contributed by atoms with Crippen molar-refractivity contribution in [3.05, 3.63) is 96.0 Å². The molecule has 1 aliphatic rings. The third kappa shape index (κ3) is 2.95. The highest BCUT2D eigenvalue weighted by Gasteiger charge is 2.34. The van der Waals surface area contributed by atoms with Gasteiger partial charge in [0.15, 0.2) is 0 Å². The number of amides is 1. The largest absolute Gasteiger partial charge is 0.329 e. The van der Waals surface area contributed by atoms with Gasteiger partial charge in [0.1, 0.15) is 0 Å². The third-order valence-corrected chi connectivity index (χ3v) is 5.13. The molecular weight excluding hydrogens is 362 g/mol. The third-order valence-electron chi connectivity index (χ3n) is 5.13. The van der Waals surface area contributed by atoms with E-state index in [4.69, 9.17) is 4.98 Å². The molecule has 5 rings (SSSR count). The second-order valence-corrected chi connectivity index (χ2v) is 6.96. The molecule has 3 heterocycles. The van der Waals surface area contributed by atoms with E-state index >= 15 is 0 Å². The predicted octanol–water partition coefficient (Wildman–Crippen LogP) is 4.36. The maximum Gasteiger partial charge on any atom is 0.255 e. The lowest BCUT2D eigenvalue weighted by Crippen LogP contribution is -2.30. The summed E-state index contributed by atoms with van der Waals surface area (Å²) < 4.78 is 2.08. The van der Waals surface area contributed by atoms with Crippen molar-refractivity contribution < 1.29 is 4.79 Å². The first-order valence-corrected chi connectivity index (χ1v) is 9.43. The summed E-state index contributed by atoms with van der Waals surface area (Å²) in [7, 11) is 0. The quantitative estimate of drug-likeness (QED) is 0.553. The van der Waals surface area contributed by atoms with Crippen molar-refractivity contribution in [2.75, 3.05) is 10.6 Å². The SMILES string of the molecule is CC1=C(C(=O)Nc2ccccc2)C(c2ccncc2)n2c(nc3ccccc32)N1. The minimum Gasteiger partial charge on any atom is -0.329 e. The van der Waals surface area contributed by atoms with Gasteiger partial charge in [-0.05, 0) is 48.9 Å². The Morgan fingerprint density at radius 2 is 1.72 bits per heavy atom. The molecule has 142 valence electrons. The van der Waals surface area contributed by atoms with E-state index in [0.29, 0.717) is 5.57 Å². The highest BCUT2D eigenvalue weighted by Crippen LogP contribution is 2.39. The van der Waals surface area contributed by atoms with Crippen LogP contribution in [0.5, 0.6) is 0 Å². The number of fused-ring (bicyclic) bond motifs is 3. The number of rotatable bonds is 3. The molecule has 29 heavy (non-hydrogen) atoms. The Balaban J connectivity index is 1.67. The van der Waals surface area contributed by atoms with Crippen LogP contribution in [0.25, 0.3) is 11.0 Å². The Bertz CT molecular complexity index is 1230. The summed E-state index contributed by atoms with van der Waals surface area (Å²) in [4.78, 5) is 22.2. The van der Waals surface area contributed by atoms with E-state index in [0.717, 1.165) is 33.9 Å². The Morgan fingerprint density at radius 1 is 1.00 bits per heavy atom. The van der Waals surface area contributed by atoms with E-state index < -0.39 is 0 Å². The van der Waals surface area contributed by atoms with Crippen LogP contribution in [-0.4, -0.2) is 20.4 Å². The monoisotopic (exact) mass is 381 g/mol. The summed E-state index contributed by atoms with van der Waals surface area (Å²) in [5.41, 5.74) is 5.01. The molecule has 0 saturated heterocycles. The second-order valence-electron chi connectivity index (χ2n) is 6.96. The number of anilines is 2. The van der Waals surface area contributed by atoms with E-state index in [-0.39, 0.29) is 11.9 Å². The van der Waals surface area contributed by atoms with Crippen molar-refractivity contribution in [1.29, 1.82) is 0 Å². The average molecular weight is 381 g/mol. The molecule has 0 aliphatic carbocycles. The smallest absolute Gasteiger partial charge is 0.255 e. The molecule has 6 heteroatoms. The van der Waals surface area contributed by atoms with Gasteiger partial charge in [0, 0.05) is 23.8 Å². The Kier molecular flexibility index (Phi) is 4.09. The zero-order valence-electron chi connectivity index (χ0n) is 15.8. The van der Waals surface area contributed by atoms with Crippen LogP contribution in [-0.2, 0) is 4.79 Å². The number of hydrogen-bond donors (Lipinski definition) is 2. The molecule has 2 aromatic heterocycles. The van der Waals surface area contributed by atoms with Gasteiger partial charge in [0.25, 0.3) is 5.91 Å². The molecule has 0 spiro atoms. The van der Waals surface area contributed by atoms with Crippen LogP contribution in [0.1, 0.15) is 18.5 Å². The fourth-order valence-corrected chi connectivity index (χ4v) is 3.84. The van der Waals surface area contributed by atoms with Gasteiger partial charge in [-0.15, -0.1) is 0 Å². The van der Waals surface area contributed by atoms with Gasteiger partial charge < -0.3 is 10.6 Å². The van der Waals surface area contributed by atoms with Gasteiger partial charge in [0.2, 0.25) is 5.95 Å². The highest BCUT2D eigenvalue weighted by molar-refractivity contribution is 6.06. The number of para-hydroxylation sites is 3. The fourth-order valence-electron chi connectivity index (χ4n) is 3.84. The number of hydrogen-bond acceptors (Lipinski definition) is 4. The average Bonchev–Trinajstić information content (AvgIpc) is 3.12. The lowest BCUT2D eigenvalue weighted by atomic mass is 9.95. The molecule has 0 saturated carbocycles. The first-order valence-electron chi connectivity index (χ1n) is 9.43. The van der Waals surface area contributed by atoms with Crippen molar-refractivity contribution >= 4 is 28.6 Å². The van der Waals surface area contributed by atoms with Crippen LogP contribution in [0, 0.1) is 0 Å². The van der Waals surface area contributed by atoms with Crippen molar-refractivity contribution in [3.63, 3.8) is 0 Å². The van der Waals surface area contributed by atoms with Crippen molar-refractivity contribution in [2.45, 2.75) is 13.0 Å². The molecule has 1 unspecified atom stereocenters. The first-order chi connectivity index (χ1) is 14.2. The summed E-state index contributed by atoms with van der Waals surface area (Å²) in [6.45, 7) is 1.91. The van der Waals surface area contributed by atoms with Crippen molar-refractivity contribution in [2.24, 2.45) is 0 Å². The fraction of sp³-hybridized carbons (Fsp3) is 0.0870. The molecule has 0 radical (unpaired) electrons. The lowest BCUT2D eigenvalue weighted by Gasteiger charge is -2.30. The predicted molar refractivity (Wildman–Crippen MR) is 114 cm³/mol. The topological polar surface area (TPSA) is 71.8 Å². The summed E-state index contributed by atoms with van der Waals surface area (Å²) >= 11 is 0. The van der Waals surface area contributed by atoms with E-state index in [1.165, 1.54) is 0 Å². The number of pyridine rings is 1. The van der Waals surface area contributed by atoms with Crippen LogP contribution < -0.4 is 10.6 Å². The van der Waals surface area contributed by atoms with Crippen LogP contribution >= 0.6 is 0 Å². The number of nitrogens with one attached hydrogen (secondary N) is 2. The number of allylic oxidation sites excluding steroid dienone is 1. The van der Waals surface area contributed by atoms with Crippen LogP contribution in [0.3, 0.4) is 0 Å². The Morgan fingerprint density at radius 3 is 2.52 bits per heavy atom. The number of nitrogens with zero attached hydrogens (tertiary/aromatic N) is 3. The van der Waals surface area contributed by atoms with E-state index in [1.807, 2.05) is 73.7 Å². The summed E-state index contributed by atoms with van der Waals surface area (Å²) in [6, 6.07) is 21.0. The van der Waals surface area contributed by atoms with Gasteiger partial charge >= 0.3 is 0 Å². The van der Waals surface area contributed by atoms with Gasteiger partial charge in [-0.25, -0.2) is 4.98 Å². The van der Waals surface area contributed by atoms with Gasteiger partial charge in [0.05, 0.1) is 22.6 Å². The zero-order chi connectivity index (χ0) is 19.8. The van der Waals surface area contributed by atoms with E-state index in [1.54, 1.807) is 12.4 Å². The van der Waals surface area contributed by atoms with Gasteiger partial charge in [-0.2, -0.15) is 0 Å². The molecule has 2 N–H and O–H groups in total. The Labute approximate surface area is 167 Å². The number of benzene rings is 2. The molecule has 1 aliphatic heterocycles. The number of aromatic nitrogens is 3. The van der Waals surface area contributed by atoms with E-state index in [2.05, 4.69) is 20.2 Å². The molecule has 0 bridgehead atoms. The molecule has 2 aromatic carbocycles. The summed E-state index contributed by atoms with van der Waals surface area (Å²) in [5.74, 6) is 0.577. The van der Waals surface area contributed by atoms with Crippen molar-refractivity contribution in [3.8, 4) is 0 Å². The normalized spacial score (nSPS) is 15.7. The van der Waals surface area contributed by atoms with Crippen LogP contribution in [0.2, 0.25) is 0 Å². The van der Waals surface area contributed by atoms with Gasteiger partial charge in [-0.3, -0.25) is 14.3 Å². The lowest BCUT2D eigenvalue weighted by molar-refractivity contribution is -0.113. The molecule has 1 atom stereocenters. The minimum absolute atomic E-state index is 0.147. The molecular formula is C23H19N5O. The molecule has 6 nitrogen and oxygen atoms in total. The number of carbonyl (C=O) groups is 1. The maximum absolute atomic E-state index is 13.4. The van der Waals surface area contributed by atoms with Crippen LogP contribution in [0.15, 0.2) is 90.4 Å². The minimum atomic E-state index is -0.314. The highest BCUT2D eigenvalue weighted by atomic mass is 16.1. The summed E-state index contributed by atoms with van der Waals surface area (Å²) in [6.07, 6.45) is 3.50. The molecule has 1 amide bonds. The molecule has 0 fully saturated rings. The van der Waals surface area contributed by atoms with E-state index in [9.17, 15) is 4.79 Å². The van der Waals surface area contributed by atoms with Crippen molar-refractivity contribution in [1.82, 2.24) is 14.5 Å². The maximum atomic E-state index is 13.4. The standard InChI is InChI=1S/C23H19N5O/c1-15-20(22(29)26-17-7-3-2-4-8-17)21(16-11-13-24-14-12-16)28-19-10-6-5-9-18(19)27-23(28)25-15/h2-14,21H,1H3,(H,25,27)(H,26,29). The number of imidazole rings is 1. The summed E-state index contributed by atoms with van der Waals surface area (Å²) in [5, 5.41) is 6.35. The second kappa shape index (κ2) is 6.91. The Hall–Kier alpha value is -3.93. The zero-order valence-corrected chi connectivity index (χ0v) is 15.8. The van der Waals surface area contributed by atoms with Gasteiger partial charge in [-0.1, -0.05) is 30.3 Å². The van der Waals surface area contributed by atoms with Crippen LogP contribution in [0.4, 0.5) is 11.6 Å².